The molecule has 1 fully saturated rings. The minimum Gasteiger partial charge on any atom is -0.367 e. The van der Waals surface area contributed by atoms with Crippen LogP contribution in [0.3, 0.4) is 0 Å². The largest absolute Gasteiger partial charge is 0.367 e. The molecule has 0 spiro atoms. The average Bonchev–Trinajstić information content (AvgIpc) is 2.39. The van der Waals surface area contributed by atoms with Crippen LogP contribution in [0.15, 0.2) is 52.5 Å². The van der Waals surface area contributed by atoms with E-state index in [0.29, 0.717) is 0 Å². The van der Waals surface area contributed by atoms with E-state index in [4.69, 9.17) is 0 Å². The van der Waals surface area contributed by atoms with Crippen molar-refractivity contribution in [2.24, 2.45) is 5.92 Å². The second-order valence-electron chi connectivity index (χ2n) is 4.79. The van der Waals surface area contributed by atoms with Crippen LogP contribution in [0.1, 0.15) is 12.8 Å². The van der Waals surface area contributed by atoms with Gasteiger partial charge in [-0.25, -0.2) is 0 Å². The van der Waals surface area contributed by atoms with Crippen molar-refractivity contribution in [2.75, 3.05) is 18.0 Å². The molecule has 2 heteroatoms. The average molecular weight is 290 g/mol. The van der Waals surface area contributed by atoms with Gasteiger partial charge in [0.1, 0.15) is 0 Å². The molecule has 1 aliphatic heterocycles. The van der Waals surface area contributed by atoms with Crippen LogP contribution in [0.5, 0.6) is 0 Å². The van der Waals surface area contributed by atoms with E-state index in [-0.39, 0.29) is 0 Å². The second-order valence-corrected chi connectivity index (χ2v) is 5.70. The van der Waals surface area contributed by atoms with Crippen molar-refractivity contribution in [3.63, 3.8) is 0 Å². The number of anilines is 1. The highest BCUT2D eigenvalue weighted by Crippen LogP contribution is 2.31. The minimum absolute atomic E-state index is 0.798. The van der Waals surface area contributed by atoms with Crippen molar-refractivity contribution in [2.45, 2.75) is 12.8 Å². The Kier molecular flexibility index (Phi) is 3.06. The Morgan fingerprint density at radius 3 is 2.82 bits per heavy atom. The van der Waals surface area contributed by atoms with Crippen LogP contribution in [-0.4, -0.2) is 13.1 Å². The van der Waals surface area contributed by atoms with Crippen molar-refractivity contribution in [1.29, 1.82) is 0 Å². The first-order valence-electron chi connectivity index (χ1n) is 6.19. The molecular formula is C15H16BrN. The number of hydrogen-bond acceptors (Lipinski definition) is 1. The third-order valence-corrected chi connectivity index (χ3v) is 4.23. The number of benzene rings is 1. The predicted octanol–water partition coefficient (Wildman–Crippen LogP) is 4.16. The summed E-state index contributed by atoms with van der Waals surface area (Å²) < 4.78 is 1.15. The van der Waals surface area contributed by atoms with Gasteiger partial charge in [-0.2, -0.15) is 0 Å². The number of rotatable bonds is 1. The van der Waals surface area contributed by atoms with Crippen LogP contribution in [-0.2, 0) is 0 Å². The van der Waals surface area contributed by atoms with E-state index in [1.165, 1.54) is 25.1 Å². The van der Waals surface area contributed by atoms with Gasteiger partial charge < -0.3 is 4.90 Å². The van der Waals surface area contributed by atoms with Crippen molar-refractivity contribution in [1.82, 2.24) is 0 Å². The third kappa shape index (κ3) is 2.32. The third-order valence-electron chi connectivity index (χ3n) is 3.70. The SMILES string of the molecule is Brc1ccc(N2CCC3CC=CC=C3C2)cc1. The molecule has 0 N–H and O–H groups in total. The van der Waals surface area contributed by atoms with Crippen LogP contribution >= 0.6 is 15.9 Å². The molecule has 1 unspecified atom stereocenters. The van der Waals surface area contributed by atoms with Gasteiger partial charge in [0.25, 0.3) is 0 Å². The van der Waals surface area contributed by atoms with Crippen molar-refractivity contribution < 1.29 is 0 Å². The molecule has 3 rings (SSSR count). The zero-order valence-electron chi connectivity index (χ0n) is 9.77. The summed E-state index contributed by atoms with van der Waals surface area (Å²) >= 11 is 3.49. The van der Waals surface area contributed by atoms with E-state index in [1.54, 1.807) is 5.57 Å². The van der Waals surface area contributed by atoms with E-state index < -0.39 is 0 Å². The van der Waals surface area contributed by atoms with Gasteiger partial charge in [0.05, 0.1) is 0 Å². The summed E-state index contributed by atoms with van der Waals surface area (Å²) in [7, 11) is 0. The van der Waals surface area contributed by atoms with Crippen LogP contribution in [0.2, 0.25) is 0 Å². The Morgan fingerprint density at radius 2 is 2.00 bits per heavy atom. The lowest BCUT2D eigenvalue weighted by atomic mass is 9.85. The molecule has 17 heavy (non-hydrogen) atoms. The van der Waals surface area contributed by atoms with Crippen LogP contribution in [0.25, 0.3) is 0 Å². The first-order valence-corrected chi connectivity index (χ1v) is 6.98. The molecule has 0 aromatic heterocycles. The topological polar surface area (TPSA) is 3.24 Å². The molecule has 1 heterocycles. The smallest absolute Gasteiger partial charge is 0.0394 e. The first-order chi connectivity index (χ1) is 8.33. The van der Waals surface area contributed by atoms with Crippen LogP contribution in [0.4, 0.5) is 5.69 Å². The van der Waals surface area contributed by atoms with Gasteiger partial charge in [0.15, 0.2) is 0 Å². The zero-order valence-corrected chi connectivity index (χ0v) is 11.4. The number of allylic oxidation sites excluding steroid dienone is 3. The highest BCUT2D eigenvalue weighted by Gasteiger charge is 2.23. The molecule has 0 radical (unpaired) electrons. The van der Waals surface area contributed by atoms with Crippen LogP contribution in [0, 0.1) is 5.92 Å². The standard InChI is InChI=1S/C15H16BrN/c16-14-5-7-15(8-6-14)17-10-9-12-3-1-2-4-13(12)11-17/h1-2,4-8,12H,3,9-11H2. The van der Waals surface area contributed by atoms with Crippen molar-refractivity contribution in [3.05, 3.63) is 52.5 Å². The van der Waals surface area contributed by atoms with Gasteiger partial charge in [-0.1, -0.05) is 34.2 Å². The highest BCUT2D eigenvalue weighted by atomic mass is 79.9. The van der Waals surface area contributed by atoms with E-state index in [1.807, 2.05) is 0 Å². The number of fused-ring (bicyclic) bond motifs is 1. The second kappa shape index (κ2) is 4.69. The van der Waals surface area contributed by atoms with Gasteiger partial charge in [-0.05, 0) is 48.6 Å². The normalized spacial score (nSPS) is 23.2. The summed E-state index contributed by atoms with van der Waals surface area (Å²) in [6, 6.07) is 8.64. The summed E-state index contributed by atoms with van der Waals surface area (Å²) in [6.07, 6.45) is 9.33. The molecule has 1 saturated heterocycles. The monoisotopic (exact) mass is 289 g/mol. The summed E-state index contributed by atoms with van der Waals surface area (Å²) in [5, 5.41) is 0. The Morgan fingerprint density at radius 1 is 1.18 bits per heavy atom. The fourth-order valence-electron chi connectivity index (χ4n) is 2.69. The molecule has 1 aromatic rings. The van der Waals surface area contributed by atoms with Gasteiger partial charge in [0, 0.05) is 23.2 Å². The summed E-state index contributed by atoms with van der Waals surface area (Å²) in [4.78, 5) is 2.48. The lowest BCUT2D eigenvalue weighted by Gasteiger charge is -2.36. The lowest BCUT2D eigenvalue weighted by Crippen LogP contribution is -2.35. The van der Waals surface area contributed by atoms with Gasteiger partial charge in [-0.15, -0.1) is 0 Å². The summed E-state index contributed by atoms with van der Waals surface area (Å²) in [5.74, 6) is 0.798. The maximum Gasteiger partial charge on any atom is 0.0394 e. The Labute approximate surface area is 111 Å². The quantitative estimate of drug-likeness (QED) is 0.750. The fourth-order valence-corrected chi connectivity index (χ4v) is 2.95. The molecule has 0 amide bonds. The van der Waals surface area contributed by atoms with E-state index in [2.05, 4.69) is 63.3 Å². The Balaban J connectivity index is 1.79. The van der Waals surface area contributed by atoms with E-state index >= 15 is 0 Å². The molecule has 1 nitrogen and oxygen atoms in total. The molecule has 88 valence electrons. The fraction of sp³-hybridized carbons (Fsp3) is 0.333. The zero-order chi connectivity index (χ0) is 11.7. The highest BCUT2D eigenvalue weighted by molar-refractivity contribution is 9.10. The van der Waals surface area contributed by atoms with Crippen LogP contribution < -0.4 is 4.90 Å². The lowest BCUT2D eigenvalue weighted by molar-refractivity contribution is 0.502. The van der Waals surface area contributed by atoms with E-state index in [9.17, 15) is 0 Å². The maximum absolute atomic E-state index is 3.49. The molecule has 2 aliphatic rings. The molecule has 1 atom stereocenters. The number of piperidine rings is 1. The first kappa shape index (κ1) is 11.1. The Hall–Kier alpha value is -1.02. The minimum atomic E-state index is 0.798. The molecule has 0 bridgehead atoms. The van der Waals surface area contributed by atoms with E-state index in [0.717, 1.165) is 16.9 Å². The number of nitrogens with zero attached hydrogens (tertiary/aromatic N) is 1. The molecular weight excluding hydrogens is 274 g/mol. The predicted molar refractivity (Wildman–Crippen MR) is 76.3 cm³/mol. The molecule has 1 aliphatic carbocycles. The molecule has 0 saturated carbocycles. The van der Waals surface area contributed by atoms with Gasteiger partial charge >= 0.3 is 0 Å². The molecule has 1 aromatic carbocycles. The number of halogens is 1. The Bertz CT molecular complexity index is 458. The number of hydrogen-bond donors (Lipinski definition) is 0. The van der Waals surface area contributed by atoms with Gasteiger partial charge in [0.2, 0.25) is 0 Å². The van der Waals surface area contributed by atoms with Gasteiger partial charge in [-0.3, -0.25) is 0 Å². The summed E-state index contributed by atoms with van der Waals surface area (Å²) in [5.41, 5.74) is 2.93. The maximum atomic E-state index is 3.49. The van der Waals surface area contributed by atoms with Crippen molar-refractivity contribution in [3.8, 4) is 0 Å². The summed E-state index contributed by atoms with van der Waals surface area (Å²) in [6.45, 7) is 2.27. The van der Waals surface area contributed by atoms with Crippen molar-refractivity contribution >= 4 is 21.6 Å².